The van der Waals surface area contributed by atoms with Crippen molar-refractivity contribution in [2.75, 3.05) is 6.61 Å². The third kappa shape index (κ3) is 2.07. The number of carbonyl (C=O) groups is 1. The predicted octanol–water partition coefficient (Wildman–Crippen LogP) is 4.06. The zero-order valence-corrected chi connectivity index (χ0v) is 10.9. The van der Waals surface area contributed by atoms with Crippen LogP contribution in [0.15, 0.2) is 41.3 Å². The van der Waals surface area contributed by atoms with Crippen LogP contribution in [0.3, 0.4) is 0 Å². The minimum atomic E-state index is -0.00727. The molecule has 0 spiro atoms. The van der Waals surface area contributed by atoms with Gasteiger partial charge >= 0.3 is 0 Å². The normalized spacial score (nSPS) is 16.5. The molecule has 0 atom stereocenters. The van der Waals surface area contributed by atoms with Crippen molar-refractivity contribution >= 4 is 34.8 Å². The number of thiophene rings is 1. The van der Waals surface area contributed by atoms with Crippen molar-refractivity contribution in [2.45, 2.75) is 0 Å². The summed E-state index contributed by atoms with van der Waals surface area (Å²) in [7, 11) is 0. The Hall–Kier alpha value is -1.58. The highest BCUT2D eigenvalue weighted by molar-refractivity contribution is 7.10. The number of benzene rings is 1. The van der Waals surface area contributed by atoms with E-state index in [1.165, 1.54) is 0 Å². The summed E-state index contributed by atoms with van der Waals surface area (Å²) in [5.41, 5.74) is 1.20. The Balaban J connectivity index is 2.01. The molecule has 1 aromatic heterocycles. The van der Waals surface area contributed by atoms with Gasteiger partial charge in [0, 0.05) is 15.5 Å². The fraction of sp³-hybridized carbons (Fsp3) is 0.0714. The molecule has 0 fully saturated rings. The van der Waals surface area contributed by atoms with Crippen molar-refractivity contribution in [3.8, 4) is 5.75 Å². The van der Waals surface area contributed by atoms with Crippen LogP contribution in [0.5, 0.6) is 5.75 Å². The third-order valence-electron chi connectivity index (χ3n) is 2.72. The monoisotopic (exact) mass is 276 g/mol. The molecule has 1 aliphatic heterocycles. The Morgan fingerprint density at radius 1 is 1.33 bits per heavy atom. The van der Waals surface area contributed by atoms with Crippen molar-refractivity contribution in [3.05, 3.63) is 56.7 Å². The third-order valence-corrected chi connectivity index (χ3v) is 3.78. The van der Waals surface area contributed by atoms with E-state index in [-0.39, 0.29) is 5.78 Å². The first kappa shape index (κ1) is 11.5. The largest absolute Gasteiger partial charge is 0.488 e. The highest BCUT2D eigenvalue weighted by atomic mass is 35.5. The predicted molar refractivity (Wildman–Crippen MR) is 73.6 cm³/mol. The van der Waals surface area contributed by atoms with Crippen molar-refractivity contribution in [1.29, 1.82) is 0 Å². The number of halogens is 1. The zero-order valence-electron chi connectivity index (χ0n) is 9.35. The second-order valence-electron chi connectivity index (χ2n) is 3.94. The van der Waals surface area contributed by atoms with E-state index in [2.05, 4.69) is 0 Å². The van der Waals surface area contributed by atoms with Crippen LogP contribution in [0.2, 0.25) is 5.02 Å². The van der Waals surface area contributed by atoms with Crippen LogP contribution >= 0.6 is 22.9 Å². The first-order chi connectivity index (χ1) is 8.74. The molecule has 0 bridgehead atoms. The quantitative estimate of drug-likeness (QED) is 0.734. The summed E-state index contributed by atoms with van der Waals surface area (Å²) < 4.78 is 5.57. The van der Waals surface area contributed by atoms with E-state index in [4.69, 9.17) is 16.3 Å². The molecule has 18 heavy (non-hydrogen) atoms. The van der Waals surface area contributed by atoms with Gasteiger partial charge in [0.25, 0.3) is 0 Å². The van der Waals surface area contributed by atoms with E-state index in [0.717, 1.165) is 4.88 Å². The maximum absolute atomic E-state index is 12.3. The van der Waals surface area contributed by atoms with E-state index in [1.807, 2.05) is 23.6 Å². The molecule has 2 heterocycles. The average molecular weight is 277 g/mol. The van der Waals surface area contributed by atoms with E-state index in [9.17, 15) is 4.79 Å². The van der Waals surface area contributed by atoms with Crippen LogP contribution in [0.1, 0.15) is 15.2 Å². The van der Waals surface area contributed by atoms with Crippen LogP contribution in [0, 0.1) is 0 Å². The van der Waals surface area contributed by atoms with Gasteiger partial charge in [-0.25, -0.2) is 0 Å². The van der Waals surface area contributed by atoms with Crippen molar-refractivity contribution in [2.24, 2.45) is 0 Å². The molecule has 2 aromatic rings. The summed E-state index contributed by atoms with van der Waals surface area (Å²) in [6, 6.07) is 9.04. The van der Waals surface area contributed by atoms with Crippen LogP contribution in [0.4, 0.5) is 0 Å². The molecule has 4 heteroatoms. The Morgan fingerprint density at radius 2 is 2.22 bits per heavy atom. The molecule has 0 saturated carbocycles. The average Bonchev–Trinajstić information content (AvgIpc) is 2.86. The summed E-state index contributed by atoms with van der Waals surface area (Å²) in [6.45, 7) is 0.311. The molecular formula is C14H9ClO2S. The van der Waals surface area contributed by atoms with E-state index < -0.39 is 0 Å². The first-order valence-corrected chi connectivity index (χ1v) is 6.71. The lowest BCUT2D eigenvalue weighted by atomic mass is 10.00. The van der Waals surface area contributed by atoms with Crippen molar-refractivity contribution in [1.82, 2.24) is 0 Å². The van der Waals surface area contributed by atoms with E-state index in [1.54, 1.807) is 29.5 Å². The van der Waals surface area contributed by atoms with Gasteiger partial charge in [0.1, 0.15) is 12.4 Å². The highest BCUT2D eigenvalue weighted by Gasteiger charge is 2.23. The number of ether oxygens (including phenoxy) is 1. The van der Waals surface area contributed by atoms with Gasteiger partial charge in [-0.15, -0.1) is 11.3 Å². The molecule has 0 aliphatic carbocycles. The van der Waals surface area contributed by atoms with Crippen molar-refractivity contribution in [3.63, 3.8) is 0 Å². The summed E-state index contributed by atoms with van der Waals surface area (Å²) in [6.07, 6.45) is 1.87. The first-order valence-electron chi connectivity index (χ1n) is 5.45. The number of fused-ring (bicyclic) bond motifs is 1. The van der Waals surface area contributed by atoms with Gasteiger partial charge in [-0.2, -0.15) is 0 Å². The Kier molecular flexibility index (Phi) is 2.94. The van der Waals surface area contributed by atoms with Gasteiger partial charge in [-0.05, 0) is 35.7 Å². The maximum Gasteiger partial charge on any atom is 0.196 e. The molecule has 90 valence electrons. The Labute approximate surface area is 113 Å². The second-order valence-corrected chi connectivity index (χ2v) is 5.36. The molecule has 0 saturated heterocycles. The lowest BCUT2D eigenvalue weighted by molar-refractivity contribution is 0.100. The van der Waals surface area contributed by atoms with Gasteiger partial charge in [-0.3, -0.25) is 4.79 Å². The van der Waals surface area contributed by atoms with E-state index >= 15 is 0 Å². The summed E-state index contributed by atoms with van der Waals surface area (Å²) in [5.74, 6) is 0.597. The summed E-state index contributed by atoms with van der Waals surface area (Å²) in [4.78, 5) is 13.3. The highest BCUT2D eigenvalue weighted by Crippen LogP contribution is 2.30. The standard InChI is InChI=1S/C14H9ClO2S/c15-10-3-4-13-12(7-10)14(16)9(8-17-13)6-11-2-1-5-18-11/h1-7H,8H2/b9-6+. The number of hydrogen-bond acceptors (Lipinski definition) is 3. The van der Waals surface area contributed by atoms with Gasteiger partial charge in [0.05, 0.1) is 5.56 Å². The zero-order chi connectivity index (χ0) is 12.5. The molecule has 0 unspecified atom stereocenters. The fourth-order valence-corrected chi connectivity index (χ4v) is 2.71. The minimum Gasteiger partial charge on any atom is -0.488 e. The SMILES string of the molecule is O=C1/C(=C/c2cccs2)COc2ccc(Cl)cc21. The summed E-state index contributed by atoms with van der Waals surface area (Å²) >= 11 is 7.50. The van der Waals surface area contributed by atoms with Gasteiger partial charge in [-0.1, -0.05) is 17.7 Å². The smallest absolute Gasteiger partial charge is 0.196 e. The fourth-order valence-electron chi connectivity index (χ4n) is 1.85. The molecule has 2 nitrogen and oxygen atoms in total. The van der Waals surface area contributed by atoms with Crippen LogP contribution in [-0.4, -0.2) is 12.4 Å². The van der Waals surface area contributed by atoms with Gasteiger partial charge < -0.3 is 4.74 Å². The number of hydrogen-bond donors (Lipinski definition) is 0. The number of carbonyl (C=O) groups excluding carboxylic acids is 1. The van der Waals surface area contributed by atoms with Crippen molar-refractivity contribution < 1.29 is 9.53 Å². The number of ketones is 1. The molecule has 3 rings (SSSR count). The lowest BCUT2D eigenvalue weighted by Gasteiger charge is -2.18. The topological polar surface area (TPSA) is 26.3 Å². The van der Waals surface area contributed by atoms with Crippen LogP contribution < -0.4 is 4.74 Å². The molecule has 0 amide bonds. The molecular weight excluding hydrogens is 268 g/mol. The lowest BCUT2D eigenvalue weighted by Crippen LogP contribution is -2.18. The molecule has 0 N–H and O–H groups in total. The summed E-state index contributed by atoms with van der Waals surface area (Å²) in [5, 5.41) is 2.52. The van der Waals surface area contributed by atoms with Gasteiger partial charge in [0.15, 0.2) is 5.78 Å². The molecule has 0 radical (unpaired) electrons. The van der Waals surface area contributed by atoms with Gasteiger partial charge in [0.2, 0.25) is 0 Å². The maximum atomic E-state index is 12.3. The van der Waals surface area contributed by atoms with Crippen LogP contribution in [0.25, 0.3) is 6.08 Å². The number of Topliss-reactive ketones (excluding diaryl/α,β-unsaturated/α-hetero) is 1. The molecule has 1 aliphatic rings. The molecule has 1 aromatic carbocycles. The Bertz CT molecular complexity index is 629. The number of rotatable bonds is 1. The second kappa shape index (κ2) is 4.59. The minimum absolute atomic E-state index is 0.00727. The Morgan fingerprint density at radius 3 is 3.00 bits per heavy atom. The van der Waals surface area contributed by atoms with Crippen LogP contribution in [-0.2, 0) is 0 Å². The van der Waals surface area contributed by atoms with E-state index in [0.29, 0.717) is 28.5 Å².